The van der Waals surface area contributed by atoms with Crippen molar-refractivity contribution in [1.82, 2.24) is 14.2 Å². The van der Waals surface area contributed by atoms with Gasteiger partial charge >= 0.3 is 0 Å². The van der Waals surface area contributed by atoms with Crippen molar-refractivity contribution in [3.63, 3.8) is 0 Å². The molecule has 2 aromatic carbocycles. The molecule has 1 aliphatic heterocycles. The van der Waals surface area contributed by atoms with Crippen molar-refractivity contribution in [2.45, 2.75) is 30.7 Å². The molecular weight excluding hydrogens is 398 g/mol. The molecule has 1 aromatic heterocycles. The van der Waals surface area contributed by atoms with E-state index in [0.717, 1.165) is 19.4 Å². The molecule has 7 heteroatoms. The summed E-state index contributed by atoms with van der Waals surface area (Å²) >= 11 is 0. The summed E-state index contributed by atoms with van der Waals surface area (Å²) in [6, 6.07) is 18.8. The van der Waals surface area contributed by atoms with Gasteiger partial charge in [-0.1, -0.05) is 36.4 Å². The van der Waals surface area contributed by atoms with E-state index in [1.165, 1.54) is 15.2 Å². The summed E-state index contributed by atoms with van der Waals surface area (Å²) in [5.41, 5.74) is 1.19. The summed E-state index contributed by atoms with van der Waals surface area (Å²) in [7, 11) is -3.55. The van der Waals surface area contributed by atoms with Crippen molar-refractivity contribution in [3.05, 3.63) is 66.9 Å². The number of benzene rings is 2. The largest absolute Gasteiger partial charge is 0.356 e. The van der Waals surface area contributed by atoms with Gasteiger partial charge in [0, 0.05) is 37.9 Å². The van der Waals surface area contributed by atoms with E-state index in [-0.39, 0.29) is 23.3 Å². The number of fused-ring (bicyclic) bond motifs is 1. The fourth-order valence-corrected chi connectivity index (χ4v) is 5.60. The summed E-state index contributed by atoms with van der Waals surface area (Å²) < 4.78 is 29.3. The lowest BCUT2D eigenvalue weighted by Crippen LogP contribution is -2.45. The van der Waals surface area contributed by atoms with Gasteiger partial charge in [-0.2, -0.15) is 4.31 Å². The average Bonchev–Trinajstić information content (AvgIpc) is 3.20. The molecular formula is C23H27N3O3S. The molecule has 4 rings (SSSR count). The van der Waals surface area contributed by atoms with Gasteiger partial charge in [-0.3, -0.25) is 4.79 Å². The molecule has 6 nitrogen and oxygen atoms in total. The van der Waals surface area contributed by atoms with E-state index < -0.39 is 10.0 Å². The topological polar surface area (TPSA) is 71.4 Å². The highest BCUT2D eigenvalue weighted by Gasteiger charge is 2.33. The molecule has 1 fully saturated rings. The number of carbonyl (C=O) groups excluding carboxylic acids is 1. The van der Waals surface area contributed by atoms with Crippen LogP contribution in [-0.4, -0.2) is 42.8 Å². The molecule has 1 atom stereocenters. The Balaban J connectivity index is 1.29. The highest BCUT2D eigenvalue weighted by molar-refractivity contribution is 7.89. The number of carbonyl (C=O) groups is 1. The number of rotatable bonds is 7. The van der Waals surface area contributed by atoms with Crippen LogP contribution in [0.3, 0.4) is 0 Å². The molecule has 1 aliphatic rings. The zero-order chi connectivity index (χ0) is 21.0. The number of amides is 1. The van der Waals surface area contributed by atoms with Crippen LogP contribution in [0.15, 0.2) is 71.8 Å². The van der Waals surface area contributed by atoms with Gasteiger partial charge in [0.15, 0.2) is 0 Å². The van der Waals surface area contributed by atoms with Crippen LogP contribution in [0.4, 0.5) is 0 Å². The van der Waals surface area contributed by atoms with Crippen LogP contribution in [0, 0.1) is 5.92 Å². The monoisotopic (exact) mass is 425 g/mol. The molecule has 1 unspecified atom stereocenters. The predicted molar refractivity (Wildman–Crippen MR) is 117 cm³/mol. The number of aryl methyl sites for hydroxylation is 1. The Morgan fingerprint density at radius 3 is 2.63 bits per heavy atom. The minimum Gasteiger partial charge on any atom is -0.356 e. The molecule has 0 aliphatic carbocycles. The summed E-state index contributed by atoms with van der Waals surface area (Å²) in [4.78, 5) is 12.9. The second-order valence-corrected chi connectivity index (χ2v) is 9.67. The minimum absolute atomic E-state index is 0.0553. The van der Waals surface area contributed by atoms with E-state index in [1.807, 2.05) is 12.1 Å². The van der Waals surface area contributed by atoms with Gasteiger partial charge in [-0.25, -0.2) is 8.42 Å². The average molecular weight is 426 g/mol. The standard InChI is InChI=1S/C23H27N3O3S/c27-23(24-14-7-15-25-17-13-19-8-4-5-12-22(19)25)20-9-6-16-26(18-20)30(28,29)21-10-2-1-3-11-21/h1-5,8,10-13,17,20H,6-7,9,14-16,18H2,(H,24,27). The van der Waals surface area contributed by atoms with Gasteiger partial charge in [0.25, 0.3) is 0 Å². The van der Waals surface area contributed by atoms with Gasteiger partial charge in [-0.05, 0) is 48.9 Å². The number of hydrogen-bond acceptors (Lipinski definition) is 3. The van der Waals surface area contributed by atoms with Gasteiger partial charge in [0.05, 0.1) is 10.8 Å². The molecule has 0 spiro atoms. The van der Waals surface area contributed by atoms with E-state index in [9.17, 15) is 13.2 Å². The molecule has 0 saturated carbocycles. The van der Waals surface area contributed by atoms with E-state index >= 15 is 0 Å². The van der Waals surface area contributed by atoms with Crippen molar-refractivity contribution < 1.29 is 13.2 Å². The summed E-state index contributed by atoms with van der Waals surface area (Å²) in [6.45, 7) is 2.10. The maximum atomic E-state index is 12.8. The molecule has 0 radical (unpaired) electrons. The molecule has 1 N–H and O–H groups in total. The van der Waals surface area contributed by atoms with E-state index in [0.29, 0.717) is 19.5 Å². The quantitative estimate of drug-likeness (QED) is 0.591. The van der Waals surface area contributed by atoms with Gasteiger partial charge < -0.3 is 9.88 Å². The Kier molecular flexibility index (Phi) is 6.20. The van der Waals surface area contributed by atoms with Crippen LogP contribution in [0.5, 0.6) is 0 Å². The smallest absolute Gasteiger partial charge is 0.243 e. The molecule has 158 valence electrons. The highest BCUT2D eigenvalue weighted by Crippen LogP contribution is 2.24. The number of para-hydroxylation sites is 1. The molecule has 1 amide bonds. The zero-order valence-electron chi connectivity index (χ0n) is 16.9. The summed E-state index contributed by atoms with van der Waals surface area (Å²) in [5.74, 6) is -0.357. The first kappa shape index (κ1) is 20.6. The minimum atomic E-state index is -3.55. The molecule has 30 heavy (non-hydrogen) atoms. The Morgan fingerprint density at radius 2 is 1.80 bits per heavy atom. The zero-order valence-corrected chi connectivity index (χ0v) is 17.7. The third-order valence-corrected chi connectivity index (χ3v) is 7.57. The Bertz CT molecular complexity index is 1110. The van der Waals surface area contributed by atoms with Crippen LogP contribution < -0.4 is 5.32 Å². The van der Waals surface area contributed by atoms with Crippen molar-refractivity contribution >= 4 is 26.8 Å². The highest BCUT2D eigenvalue weighted by atomic mass is 32.2. The number of nitrogens with zero attached hydrogens (tertiary/aromatic N) is 2. The molecule has 1 saturated heterocycles. The third-order valence-electron chi connectivity index (χ3n) is 5.69. The van der Waals surface area contributed by atoms with E-state index in [2.05, 4.69) is 34.3 Å². The molecule has 0 bridgehead atoms. The van der Waals surface area contributed by atoms with Crippen LogP contribution in [0.1, 0.15) is 19.3 Å². The first-order valence-corrected chi connectivity index (χ1v) is 11.9. The number of hydrogen-bond donors (Lipinski definition) is 1. The fraction of sp³-hybridized carbons (Fsp3) is 0.348. The lowest BCUT2D eigenvalue weighted by Gasteiger charge is -2.31. The van der Waals surface area contributed by atoms with Crippen molar-refractivity contribution in [2.24, 2.45) is 5.92 Å². The van der Waals surface area contributed by atoms with E-state index in [4.69, 9.17) is 0 Å². The second kappa shape index (κ2) is 9.02. The third kappa shape index (κ3) is 4.42. The van der Waals surface area contributed by atoms with Crippen LogP contribution in [0.25, 0.3) is 10.9 Å². The predicted octanol–water partition coefficient (Wildman–Crippen LogP) is 3.25. The lowest BCUT2D eigenvalue weighted by molar-refractivity contribution is -0.126. The number of nitrogens with one attached hydrogen (secondary N) is 1. The van der Waals surface area contributed by atoms with Gasteiger partial charge in [-0.15, -0.1) is 0 Å². The van der Waals surface area contributed by atoms with Gasteiger partial charge in [0.1, 0.15) is 0 Å². The normalized spacial score (nSPS) is 17.8. The maximum absolute atomic E-state index is 12.8. The van der Waals surface area contributed by atoms with Gasteiger partial charge in [0.2, 0.25) is 15.9 Å². The molecule has 2 heterocycles. The SMILES string of the molecule is O=C(NCCCn1ccc2ccccc21)C1CCCN(S(=O)(=O)c2ccccc2)C1. The number of sulfonamides is 1. The van der Waals surface area contributed by atoms with Crippen molar-refractivity contribution in [3.8, 4) is 0 Å². The van der Waals surface area contributed by atoms with Crippen LogP contribution in [0.2, 0.25) is 0 Å². The summed E-state index contributed by atoms with van der Waals surface area (Å²) in [6.07, 6.45) is 4.30. The first-order valence-electron chi connectivity index (χ1n) is 10.4. The summed E-state index contributed by atoms with van der Waals surface area (Å²) in [5, 5.41) is 4.21. The molecule has 3 aromatic rings. The van der Waals surface area contributed by atoms with Crippen LogP contribution in [-0.2, 0) is 21.4 Å². The lowest BCUT2D eigenvalue weighted by atomic mass is 9.99. The Morgan fingerprint density at radius 1 is 1.03 bits per heavy atom. The Labute approximate surface area is 177 Å². The number of piperidine rings is 1. The Hall–Kier alpha value is -2.64. The van der Waals surface area contributed by atoms with E-state index in [1.54, 1.807) is 30.3 Å². The van der Waals surface area contributed by atoms with Crippen LogP contribution >= 0.6 is 0 Å². The number of aromatic nitrogens is 1. The fourth-order valence-electron chi connectivity index (χ4n) is 4.06. The van der Waals surface area contributed by atoms with Crippen molar-refractivity contribution in [2.75, 3.05) is 19.6 Å². The first-order chi connectivity index (χ1) is 14.6. The second-order valence-electron chi connectivity index (χ2n) is 7.73. The maximum Gasteiger partial charge on any atom is 0.243 e. The van der Waals surface area contributed by atoms with Crippen molar-refractivity contribution in [1.29, 1.82) is 0 Å².